The van der Waals surface area contributed by atoms with Crippen LogP contribution in [0.15, 0.2) is 27.5 Å². The fraction of sp³-hybridized carbons (Fsp3) is 0.250. The maximum Gasteiger partial charge on any atom is 0.285 e. The van der Waals surface area contributed by atoms with Crippen LogP contribution in [-0.2, 0) is 11.3 Å². The van der Waals surface area contributed by atoms with Crippen LogP contribution in [0.3, 0.4) is 0 Å². The summed E-state index contributed by atoms with van der Waals surface area (Å²) in [5.41, 5.74) is 2.20. The van der Waals surface area contributed by atoms with Crippen LogP contribution in [0.2, 0.25) is 0 Å². The van der Waals surface area contributed by atoms with Crippen molar-refractivity contribution in [1.29, 1.82) is 5.26 Å². The minimum atomic E-state index is -0.561. The average molecular weight is 375 g/mol. The van der Waals surface area contributed by atoms with E-state index in [1.165, 1.54) is 0 Å². The molecule has 0 radical (unpaired) electrons. The highest BCUT2D eigenvalue weighted by Gasteiger charge is 2.14. The van der Waals surface area contributed by atoms with Gasteiger partial charge in [-0.2, -0.15) is 10.4 Å². The van der Waals surface area contributed by atoms with Gasteiger partial charge in [0.15, 0.2) is 0 Å². The van der Waals surface area contributed by atoms with Crippen LogP contribution in [0.1, 0.15) is 22.4 Å². The molecule has 1 amide bonds. The molecule has 2 rings (SSSR count). The number of amides is 1. The SMILES string of the molecule is Cc1ccc(NC(=O)Cn2nc(C)c(C)c(C#N)c2=O)c(Br)c1. The molecule has 0 aliphatic heterocycles. The first kappa shape index (κ1) is 16.9. The summed E-state index contributed by atoms with van der Waals surface area (Å²) in [4.78, 5) is 24.3. The third-order valence-electron chi connectivity index (χ3n) is 3.44. The normalized spacial score (nSPS) is 10.2. The van der Waals surface area contributed by atoms with E-state index in [1.54, 1.807) is 19.9 Å². The molecular formula is C16H15BrN4O2. The molecule has 0 saturated heterocycles. The van der Waals surface area contributed by atoms with Crippen LogP contribution in [0, 0.1) is 32.1 Å². The summed E-state index contributed by atoms with van der Waals surface area (Å²) in [5.74, 6) is -0.392. The van der Waals surface area contributed by atoms with Gasteiger partial charge in [-0.25, -0.2) is 4.68 Å². The maximum absolute atomic E-state index is 12.2. The van der Waals surface area contributed by atoms with Crippen LogP contribution in [0.25, 0.3) is 0 Å². The first-order valence-electron chi connectivity index (χ1n) is 6.88. The first-order valence-corrected chi connectivity index (χ1v) is 7.67. The van der Waals surface area contributed by atoms with Crippen molar-refractivity contribution >= 4 is 27.5 Å². The molecule has 1 heterocycles. The van der Waals surface area contributed by atoms with Gasteiger partial charge < -0.3 is 5.32 Å². The third kappa shape index (κ3) is 3.66. The van der Waals surface area contributed by atoms with Crippen LogP contribution < -0.4 is 10.9 Å². The van der Waals surface area contributed by atoms with Crippen molar-refractivity contribution in [2.24, 2.45) is 0 Å². The Morgan fingerprint density at radius 3 is 2.70 bits per heavy atom. The van der Waals surface area contributed by atoms with Crippen LogP contribution in [-0.4, -0.2) is 15.7 Å². The Morgan fingerprint density at radius 1 is 1.39 bits per heavy atom. The van der Waals surface area contributed by atoms with Crippen LogP contribution in [0.5, 0.6) is 0 Å². The smallest absolute Gasteiger partial charge is 0.285 e. The van der Waals surface area contributed by atoms with Gasteiger partial charge in [0.25, 0.3) is 5.56 Å². The highest BCUT2D eigenvalue weighted by Crippen LogP contribution is 2.23. The number of carbonyl (C=O) groups excluding carboxylic acids is 1. The summed E-state index contributed by atoms with van der Waals surface area (Å²) >= 11 is 3.38. The zero-order valence-electron chi connectivity index (χ0n) is 13.0. The fourth-order valence-electron chi connectivity index (χ4n) is 2.06. The molecule has 23 heavy (non-hydrogen) atoms. The van der Waals surface area contributed by atoms with E-state index >= 15 is 0 Å². The van der Waals surface area contributed by atoms with Crippen LogP contribution >= 0.6 is 15.9 Å². The summed E-state index contributed by atoms with van der Waals surface area (Å²) in [5, 5.41) is 15.9. The number of aryl methyl sites for hydroxylation is 2. The second-order valence-corrected chi connectivity index (χ2v) is 6.05. The van der Waals surface area contributed by atoms with Gasteiger partial charge in [0.1, 0.15) is 18.2 Å². The lowest BCUT2D eigenvalue weighted by Gasteiger charge is -2.11. The number of benzene rings is 1. The first-order chi connectivity index (χ1) is 10.8. The monoisotopic (exact) mass is 374 g/mol. The molecule has 0 aliphatic rings. The zero-order valence-corrected chi connectivity index (χ0v) is 14.6. The minimum absolute atomic E-state index is 0.0156. The number of nitrogens with one attached hydrogen (secondary N) is 1. The number of carbonyl (C=O) groups is 1. The molecule has 1 N–H and O–H groups in total. The summed E-state index contributed by atoms with van der Waals surface area (Å²) in [6, 6.07) is 7.39. The van der Waals surface area contributed by atoms with E-state index in [9.17, 15) is 9.59 Å². The quantitative estimate of drug-likeness (QED) is 0.893. The number of anilines is 1. The number of rotatable bonds is 3. The lowest BCUT2D eigenvalue weighted by Crippen LogP contribution is -2.32. The predicted octanol–water partition coefficient (Wildman–Crippen LogP) is 2.44. The summed E-state index contributed by atoms with van der Waals surface area (Å²) < 4.78 is 1.77. The molecule has 2 aromatic rings. The predicted molar refractivity (Wildman–Crippen MR) is 90.2 cm³/mol. The highest BCUT2D eigenvalue weighted by atomic mass is 79.9. The van der Waals surface area contributed by atoms with E-state index in [-0.39, 0.29) is 12.1 Å². The Labute approximate surface area is 141 Å². The second kappa shape index (κ2) is 6.75. The Hall–Kier alpha value is -2.46. The van der Waals surface area contributed by atoms with Gasteiger partial charge in [0.2, 0.25) is 5.91 Å². The highest BCUT2D eigenvalue weighted by molar-refractivity contribution is 9.10. The van der Waals surface area contributed by atoms with Gasteiger partial charge in [-0.1, -0.05) is 6.07 Å². The van der Waals surface area contributed by atoms with Gasteiger partial charge in [0, 0.05) is 4.47 Å². The Bertz CT molecular complexity index is 881. The molecule has 1 aromatic carbocycles. The van der Waals surface area contributed by atoms with Crippen molar-refractivity contribution in [2.45, 2.75) is 27.3 Å². The average Bonchev–Trinajstić information content (AvgIpc) is 2.48. The van der Waals surface area contributed by atoms with Gasteiger partial charge in [0.05, 0.1) is 11.4 Å². The van der Waals surface area contributed by atoms with E-state index in [0.29, 0.717) is 16.9 Å². The molecular weight excluding hydrogens is 360 g/mol. The summed E-state index contributed by atoms with van der Waals surface area (Å²) in [6.07, 6.45) is 0. The molecule has 0 atom stereocenters. The van der Waals surface area contributed by atoms with Gasteiger partial charge in [-0.05, 0) is 60.0 Å². The largest absolute Gasteiger partial charge is 0.323 e. The lowest BCUT2D eigenvalue weighted by atomic mass is 10.1. The molecule has 7 heteroatoms. The van der Waals surface area contributed by atoms with E-state index in [0.717, 1.165) is 14.7 Å². The molecule has 6 nitrogen and oxygen atoms in total. The van der Waals surface area contributed by atoms with E-state index in [4.69, 9.17) is 5.26 Å². The van der Waals surface area contributed by atoms with E-state index in [2.05, 4.69) is 26.3 Å². The van der Waals surface area contributed by atoms with E-state index in [1.807, 2.05) is 25.1 Å². The van der Waals surface area contributed by atoms with Gasteiger partial charge in [-0.3, -0.25) is 9.59 Å². The third-order valence-corrected chi connectivity index (χ3v) is 4.10. The van der Waals surface area contributed by atoms with Crippen LogP contribution in [0.4, 0.5) is 5.69 Å². The molecule has 1 aromatic heterocycles. The number of aromatic nitrogens is 2. The number of hydrogen-bond donors (Lipinski definition) is 1. The molecule has 0 aliphatic carbocycles. The number of halogens is 1. The Balaban J connectivity index is 2.26. The number of nitrogens with zero attached hydrogens (tertiary/aromatic N) is 3. The number of nitriles is 1. The molecule has 0 bridgehead atoms. The molecule has 0 unspecified atom stereocenters. The second-order valence-electron chi connectivity index (χ2n) is 5.19. The summed E-state index contributed by atoms with van der Waals surface area (Å²) in [7, 11) is 0. The zero-order chi connectivity index (χ0) is 17.1. The molecule has 0 spiro atoms. The topological polar surface area (TPSA) is 87.8 Å². The van der Waals surface area contributed by atoms with Crippen molar-refractivity contribution in [2.75, 3.05) is 5.32 Å². The van der Waals surface area contributed by atoms with Crippen molar-refractivity contribution in [1.82, 2.24) is 9.78 Å². The summed E-state index contributed by atoms with van der Waals surface area (Å²) in [6.45, 7) is 5.05. The van der Waals surface area contributed by atoms with Crippen molar-refractivity contribution in [3.05, 3.63) is 55.4 Å². The standard InChI is InChI=1S/C16H15BrN4O2/c1-9-4-5-14(13(17)6-9)19-15(22)8-21-16(23)12(7-18)10(2)11(3)20-21/h4-6H,8H2,1-3H3,(H,19,22). The van der Waals surface area contributed by atoms with Gasteiger partial charge >= 0.3 is 0 Å². The Kier molecular flexibility index (Phi) is 4.96. The molecule has 0 saturated carbocycles. The van der Waals surface area contributed by atoms with Gasteiger partial charge in [-0.15, -0.1) is 0 Å². The fourth-order valence-corrected chi connectivity index (χ4v) is 2.65. The Morgan fingerprint density at radius 2 is 2.09 bits per heavy atom. The molecule has 118 valence electrons. The van der Waals surface area contributed by atoms with Crippen molar-refractivity contribution in [3.8, 4) is 6.07 Å². The van der Waals surface area contributed by atoms with E-state index < -0.39 is 11.5 Å². The maximum atomic E-state index is 12.2. The van der Waals surface area contributed by atoms with Crippen molar-refractivity contribution < 1.29 is 4.79 Å². The number of hydrogen-bond acceptors (Lipinski definition) is 4. The minimum Gasteiger partial charge on any atom is -0.323 e. The lowest BCUT2D eigenvalue weighted by molar-refractivity contribution is -0.117. The van der Waals surface area contributed by atoms with Crippen molar-refractivity contribution in [3.63, 3.8) is 0 Å². The molecule has 0 fully saturated rings.